The van der Waals surface area contributed by atoms with Crippen LogP contribution in [-0.4, -0.2) is 89.0 Å². The number of carbonyl (C=O) groups is 2. The van der Waals surface area contributed by atoms with E-state index in [9.17, 15) is 30.0 Å². The summed E-state index contributed by atoms with van der Waals surface area (Å²) >= 11 is 0. The Bertz CT molecular complexity index is 923. The number of hydrogen-bond donors (Lipinski definition) is 4. The Balaban J connectivity index is 2.31. The van der Waals surface area contributed by atoms with Crippen LogP contribution in [0.1, 0.15) is 181 Å². The van der Waals surface area contributed by atoms with E-state index in [0.717, 1.165) is 51.4 Å². The van der Waals surface area contributed by atoms with Gasteiger partial charge in [0, 0.05) is 12.8 Å². The minimum Gasteiger partial charge on any atom is -0.462 e. The average molecular weight is 755 g/mol. The molecule has 1 rings (SSSR count). The minimum atomic E-state index is -1.59. The first-order valence-corrected chi connectivity index (χ1v) is 21.4. The lowest BCUT2D eigenvalue weighted by molar-refractivity contribution is -0.305. The first kappa shape index (κ1) is 49.2. The average Bonchev–Trinajstić information content (AvgIpc) is 3.15. The van der Waals surface area contributed by atoms with E-state index in [0.29, 0.717) is 6.42 Å². The van der Waals surface area contributed by atoms with Gasteiger partial charge in [-0.2, -0.15) is 0 Å². The van der Waals surface area contributed by atoms with Crippen molar-refractivity contribution in [3.05, 3.63) is 24.3 Å². The maximum absolute atomic E-state index is 12.7. The molecule has 0 aromatic rings. The van der Waals surface area contributed by atoms with Crippen molar-refractivity contribution in [3.8, 4) is 0 Å². The lowest BCUT2D eigenvalue weighted by atomic mass is 9.99. The standard InChI is InChI=1S/C43H78O10/c1-3-5-7-9-11-13-14-15-16-17-18-19-20-21-22-24-26-28-30-32-39(46)52-36(35-51-43-42(49)41(48)40(47)37(33-44)53-43)34-50-38(45)31-29-27-25-23-12-10-8-6-4-2/h11,13,15-16,36-37,40-44,47-49H,3-10,12,14,17-35H2,1-2H3/b13-11+,16-15+/t36-,37-,40+,41?,42?,43-/m1/s1. The quantitative estimate of drug-likeness (QED) is 0.0281. The van der Waals surface area contributed by atoms with Gasteiger partial charge in [0.25, 0.3) is 0 Å². The first-order valence-electron chi connectivity index (χ1n) is 21.4. The Labute approximate surface area is 322 Å². The van der Waals surface area contributed by atoms with Gasteiger partial charge in [0.05, 0.1) is 13.2 Å². The minimum absolute atomic E-state index is 0.216. The summed E-state index contributed by atoms with van der Waals surface area (Å²) in [7, 11) is 0. The van der Waals surface area contributed by atoms with E-state index < -0.39 is 49.4 Å². The Morgan fingerprint density at radius 1 is 0.585 bits per heavy atom. The van der Waals surface area contributed by atoms with Gasteiger partial charge in [-0.05, 0) is 44.9 Å². The number of unbranched alkanes of at least 4 members (excludes halogenated alkanes) is 20. The van der Waals surface area contributed by atoms with E-state index in [4.69, 9.17) is 18.9 Å². The number of aliphatic hydroxyl groups is 4. The zero-order valence-corrected chi connectivity index (χ0v) is 33.5. The van der Waals surface area contributed by atoms with E-state index in [-0.39, 0.29) is 32.0 Å². The molecule has 0 aliphatic carbocycles. The summed E-state index contributed by atoms with van der Waals surface area (Å²) in [6.07, 6.45) is 29.1. The topological polar surface area (TPSA) is 152 Å². The molecule has 1 aliphatic rings. The van der Waals surface area contributed by atoms with Crippen molar-refractivity contribution in [2.24, 2.45) is 0 Å². The summed E-state index contributed by atoms with van der Waals surface area (Å²) < 4.78 is 22.1. The second-order valence-corrected chi connectivity index (χ2v) is 14.8. The van der Waals surface area contributed by atoms with Crippen LogP contribution < -0.4 is 0 Å². The van der Waals surface area contributed by atoms with Crippen LogP contribution >= 0.6 is 0 Å². The third-order valence-electron chi connectivity index (χ3n) is 9.84. The predicted molar refractivity (Wildman–Crippen MR) is 210 cm³/mol. The van der Waals surface area contributed by atoms with Gasteiger partial charge in [0.2, 0.25) is 0 Å². The molecule has 0 amide bonds. The molecule has 10 heteroatoms. The molecular weight excluding hydrogens is 676 g/mol. The molecule has 0 saturated carbocycles. The number of aliphatic hydroxyl groups excluding tert-OH is 4. The number of esters is 2. The second kappa shape index (κ2) is 34.7. The van der Waals surface area contributed by atoms with Gasteiger partial charge in [-0.3, -0.25) is 9.59 Å². The third-order valence-corrected chi connectivity index (χ3v) is 9.84. The molecule has 310 valence electrons. The van der Waals surface area contributed by atoms with Gasteiger partial charge in [-0.25, -0.2) is 0 Å². The molecule has 1 aliphatic heterocycles. The molecule has 0 aromatic carbocycles. The normalized spacial score (nSPS) is 21.1. The van der Waals surface area contributed by atoms with Crippen molar-refractivity contribution in [3.63, 3.8) is 0 Å². The van der Waals surface area contributed by atoms with E-state index >= 15 is 0 Å². The summed E-state index contributed by atoms with van der Waals surface area (Å²) in [6.45, 7) is 3.37. The zero-order chi connectivity index (χ0) is 38.8. The molecule has 4 N–H and O–H groups in total. The first-order chi connectivity index (χ1) is 25.8. The molecule has 2 unspecified atom stereocenters. The van der Waals surface area contributed by atoms with Crippen molar-refractivity contribution in [1.82, 2.24) is 0 Å². The monoisotopic (exact) mass is 755 g/mol. The summed E-state index contributed by atoms with van der Waals surface area (Å²) in [6, 6.07) is 0. The summed E-state index contributed by atoms with van der Waals surface area (Å²) in [5.74, 6) is -0.811. The number of hydrogen-bond acceptors (Lipinski definition) is 10. The predicted octanol–water partition coefficient (Wildman–Crippen LogP) is 8.55. The van der Waals surface area contributed by atoms with Crippen molar-refractivity contribution in [1.29, 1.82) is 0 Å². The smallest absolute Gasteiger partial charge is 0.306 e. The lowest BCUT2D eigenvalue weighted by Crippen LogP contribution is -2.59. The van der Waals surface area contributed by atoms with Crippen molar-refractivity contribution >= 4 is 11.9 Å². The van der Waals surface area contributed by atoms with Gasteiger partial charge in [0.15, 0.2) is 12.4 Å². The molecule has 0 spiro atoms. The van der Waals surface area contributed by atoms with Gasteiger partial charge >= 0.3 is 11.9 Å². The van der Waals surface area contributed by atoms with Crippen molar-refractivity contribution < 1.29 is 49.0 Å². The fourth-order valence-electron chi connectivity index (χ4n) is 6.39. The third kappa shape index (κ3) is 26.6. The molecule has 6 atom stereocenters. The van der Waals surface area contributed by atoms with Crippen molar-refractivity contribution in [2.45, 2.75) is 218 Å². The number of allylic oxidation sites excluding steroid dienone is 4. The molecule has 10 nitrogen and oxygen atoms in total. The summed E-state index contributed by atoms with van der Waals surface area (Å²) in [5, 5.41) is 40.0. The Hall–Kier alpha value is -1.82. The Kier molecular flexibility index (Phi) is 32.2. The maximum atomic E-state index is 12.7. The van der Waals surface area contributed by atoms with E-state index in [1.807, 2.05) is 0 Å². The van der Waals surface area contributed by atoms with Crippen LogP contribution in [0.15, 0.2) is 24.3 Å². The van der Waals surface area contributed by atoms with Gasteiger partial charge < -0.3 is 39.4 Å². The van der Waals surface area contributed by atoms with Crippen molar-refractivity contribution in [2.75, 3.05) is 19.8 Å². The lowest BCUT2D eigenvalue weighted by Gasteiger charge is -2.39. The van der Waals surface area contributed by atoms with Crippen LogP contribution in [0.2, 0.25) is 0 Å². The van der Waals surface area contributed by atoms with E-state index in [1.54, 1.807) is 0 Å². The van der Waals surface area contributed by atoms with Crippen LogP contribution in [0.5, 0.6) is 0 Å². The highest BCUT2D eigenvalue weighted by Crippen LogP contribution is 2.22. The van der Waals surface area contributed by atoms with E-state index in [2.05, 4.69) is 38.2 Å². The highest BCUT2D eigenvalue weighted by Gasteiger charge is 2.44. The van der Waals surface area contributed by atoms with Gasteiger partial charge in [-0.15, -0.1) is 0 Å². The molecule has 0 radical (unpaired) electrons. The molecule has 53 heavy (non-hydrogen) atoms. The largest absolute Gasteiger partial charge is 0.462 e. The zero-order valence-electron chi connectivity index (χ0n) is 33.5. The molecule has 0 bridgehead atoms. The van der Waals surface area contributed by atoms with Crippen LogP contribution in [0, 0.1) is 0 Å². The molecule has 0 aromatic heterocycles. The SMILES string of the molecule is CCCCC/C=C/C/C=C/CCCCCCCCCCCC(=O)O[C@H](COC(=O)CCCCCCCCCCC)CO[C@@H]1O[C@H](CO)[C@H](O)C(O)C1O. The van der Waals surface area contributed by atoms with Gasteiger partial charge in [-0.1, -0.05) is 147 Å². The summed E-state index contributed by atoms with van der Waals surface area (Å²) in [5.41, 5.74) is 0. The summed E-state index contributed by atoms with van der Waals surface area (Å²) in [4.78, 5) is 25.2. The molecular formula is C43H78O10. The van der Waals surface area contributed by atoms with Crippen LogP contribution in [-0.2, 0) is 28.5 Å². The number of ether oxygens (including phenoxy) is 4. The number of carbonyl (C=O) groups excluding carboxylic acids is 2. The van der Waals surface area contributed by atoms with Crippen LogP contribution in [0.4, 0.5) is 0 Å². The van der Waals surface area contributed by atoms with E-state index in [1.165, 1.54) is 96.3 Å². The Morgan fingerprint density at radius 3 is 1.60 bits per heavy atom. The molecule has 1 saturated heterocycles. The second-order valence-electron chi connectivity index (χ2n) is 14.8. The maximum Gasteiger partial charge on any atom is 0.306 e. The number of rotatable bonds is 35. The molecule has 1 fully saturated rings. The highest BCUT2D eigenvalue weighted by atomic mass is 16.7. The highest BCUT2D eigenvalue weighted by molar-refractivity contribution is 5.70. The Morgan fingerprint density at radius 2 is 1.06 bits per heavy atom. The molecule has 1 heterocycles. The fraction of sp³-hybridized carbons (Fsp3) is 0.860. The fourth-order valence-corrected chi connectivity index (χ4v) is 6.39. The van der Waals surface area contributed by atoms with Crippen LogP contribution in [0.25, 0.3) is 0 Å². The van der Waals surface area contributed by atoms with Crippen LogP contribution in [0.3, 0.4) is 0 Å². The van der Waals surface area contributed by atoms with Gasteiger partial charge in [0.1, 0.15) is 31.0 Å².